The Morgan fingerprint density at radius 3 is 0.570 bits per heavy atom. The monoisotopic (exact) mass is 1690 g/mol. The van der Waals surface area contributed by atoms with Crippen molar-refractivity contribution in [1.82, 2.24) is 19.6 Å². The van der Waals surface area contributed by atoms with Crippen LogP contribution in [-0.4, -0.2) is 56.3 Å². The van der Waals surface area contributed by atoms with Crippen LogP contribution in [0.25, 0.3) is 71.4 Å². The molecule has 0 N–H and O–H groups in total. The van der Waals surface area contributed by atoms with Crippen LogP contribution in [0.2, 0.25) is 0 Å². The minimum absolute atomic E-state index is 0.0174. The van der Waals surface area contributed by atoms with Gasteiger partial charge in [-0.3, -0.25) is 19.2 Å². The summed E-state index contributed by atoms with van der Waals surface area (Å²) in [5, 5.41) is 0. The lowest BCUT2D eigenvalue weighted by atomic mass is 9.79. The van der Waals surface area contributed by atoms with Crippen molar-refractivity contribution < 1.29 is 19.2 Å². The maximum absolute atomic E-state index is 15.2. The van der Waals surface area contributed by atoms with Crippen molar-refractivity contribution in [2.75, 3.05) is 13.1 Å². The maximum Gasteiger partial charge on any atom is 0.261 e. The SMILES string of the molecule is C=CCN1C(=O)C2=C(c3ccc(/C=C/c4cc(C(C)(C)C)cc(C(C)(C)C)c4)cc3)N(CC=C)C(=O)C2=C1c1ccc(/C=C/c2cc(C(C)(C)C)cc(C(C)(C)C)c2)cc1.CC(C)(C)c1cc(/C=C/c2ccc(C3=C4C(=O)N(Cc5ccccc5)C(c5ccc(/C=C/c6cc(C(C)(C)C)cc(C(C)(C)C)c6)cc5)=C4C(=O)N3Cc3ccccc3)cc2)cc(C(C)(C)C)c1. The Morgan fingerprint density at radius 1 is 0.219 bits per heavy atom. The summed E-state index contributed by atoms with van der Waals surface area (Å²) in [7, 11) is 0. The van der Waals surface area contributed by atoms with Crippen LogP contribution in [0.3, 0.4) is 0 Å². The highest BCUT2D eigenvalue weighted by molar-refractivity contribution is 6.31. The smallest absolute Gasteiger partial charge is 0.261 e. The number of hydrogen-bond acceptors (Lipinski definition) is 4. The van der Waals surface area contributed by atoms with Gasteiger partial charge in [0, 0.05) is 13.1 Å². The number of rotatable bonds is 20. The maximum atomic E-state index is 15.2. The Kier molecular flexibility index (Phi) is 26.4. The lowest BCUT2D eigenvalue weighted by Gasteiger charge is -2.26. The summed E-state index contributed by atoms with van der Waals surface area (Å²) in [5.74, 6) is -0.756. The lowest BCUT2D eigenvalue weighted by molar-refractivity contribution is -0.124. The molecule has 4 amide bonds. The van der Waals surface area contributed by atoms with Gasteiger partial charge < -0.3 is 19.6 Å². The molecule has 0 unspecified atom stereocenters. The normalized spacial score (nSPS) is 15.1. The Morgan fingerprint density at radius 2 is 0.391 bits per heavy atom. The Balaban J connectivity index is 0.000000221. The quantitative estimate of drug-likeness (QED) is 0.0562. The van der Waals surface area contributed by atoms with Gasteiger partial charge in [-0.15, -0.1) is 13.2 Å². The molecule has 0 fully saturated rings. The predicted molar refractivity (Wildman–Crippen MR) is 542 cm³/mol. The van der Waals surface area contributed by atoms with Crippen molar-refractivity contribution in [2.45, 2.75) is 223 Å². The highest BCUT2D eigenvalue weighted by atomic mass is 16.2. The summed E-state index contributed by atoms with van der Waals surface area (Å²) in [6.45, 7) is 63.3. The molecule has 14 rings (SSSR count). The van der Waals surface area contributed by atoms with E-state index in [4.69, 9.17) is 0 Å². The summed E-state index contributed by atoms with van der Waals surface area (Å²) in [6.07, 6.45) is 20.7. The van der Waals surface area contributed by atoms with Gasteiger partial charge >= 0.3 is 0 Å². The van der Waals surface area contributed by atoms with Crippen molar-refractivity contribution in [3.05, 3.63) is 401 Å². The molecule has 0 aromatic heterocycles. The van der Waals surface area contributed by atoms with Crippen LogP contribution >= 0.6 is 0 Å². The highest BCUT2D eigenvalue weighted by Crippen LogP contribution is 2.50. The Labute approximate surface area is 765 Å². The van der Waals surface area contributed by atoms with Gasteiger partial charge in [-0.1, -0.05) is 457 Å². The molecule has 10 aromatic rings. The molecule has 4 heterocycles. The second kappa shape index (κ2) is 36.3. The molecular formula is C120H132N4O4. The van der Waals surface area contributed by atoms with Crippen LogP contribution < -0.4 is 0 Å². The van der Waals surface area contributed by atoms with E-state index >= 15 is 9.59 Å². The summed E-state index contributed by atoms with van der Waals surface area (Å²) < 4.78 is 0. The molecule has 0 atom stereocenters. The molecule has 8 nitrogen and oxygen atoms in total. The number of carbonyl (C=O) groups is 4. The van der Waals surface area contributed by atoms with Gasteiger partial charge in [0.2, 0.25) is 0 Å². The zero-order chi connectivity index (χ0) is 92.7. The first-order chi connectivity index (χ1) is 60.0. The molecule has 0 saturated carbocycles. The molecule has 128 heavy (non-hydrogen) atoms. The van der Waals surface area contributed by atoms with E-state index in [1.165, 1.54) is 44.5 Å². The van der Waals surface area contributed by atoms with Gasteiger partial charge in [-0.05, 0) is 166 Å². The van der Waals surface area contributed by atoms with Crippen LogP contribution in [0.1, 0.15) is 289 Å². The summed E-state index contributed by atoms with van der Waals surface area (Å²) >= 11 is 0. The summed E-state index contributed by atoms with van der Waals surface area (Å²) in [4.78, 5) is 66.2. The van der Waals surface area contributed by atoms with Crippen molar-refractivity contribution >= 4 is 95.0 Å². The van der Waals surface area contributed by atoms with Crippen molar-refractivity contribution in [1.29, 1.82) is 0 Å². The fraction of sp³-hybridized carbons (Fsp3) is 0.300. The van der Waals surface area contributed by atoms with Gasteiger partial charge in [0.1, 0.15) is 0 Å². The highest BCUT2D eigenvalue weighted by Gasteiger charge is 2.51. The molecule has 0 aliphatic carbocycles. The first kappa shape index (κ1) is 93.1. The molecule has 10 aromatic carbocycles. The van der Waals surface area contributed by atoms with Gasteiger partial charge in [0.15, 0.2) is 0 Å². The topological polar surface area (TPSA) is 81.2 Å². The van der Waals surface area contributed by atoms with E-state index in [1.54, 1.807) is 22.0 Å². The van der Waals surface area contributed by atoms with Crippen LogP contribution in [0.15, 0.2) is 278 Å². The average molecular weight is 1690 g/mol. The van der Waals surface area contributed by atoms with E-state index < -0.39 is 0 Å². The average Bonchev–Trinajstić information content (AvgIpc) is 1.56. The van der Waals surface area contributed by atoms with Crippen molar-refractivity contribution in [3.63, 3.8) is 0 Å². The van der Waals surface area contributed by atoms with Crippen molar-refractivity contribution in [3.8, 4) is 0 Å². The van der Waals surface area contributed by atoms with Gasteiger partial charge in [0.05, 0.1) is 58.2 Å². The van der Waals surface area contributed by atoms with Gasteiger partial charge in [-0.25, -0.2) is 0 Å². The van der Waals surface area contributed by atoms with Crippen LogP contribution in [0.5, 0.6) is 0 Å². The van der Waals surface area contributed by atoms with E-state index in [0.717, 1.165) is 77.9 Å². The van der Waals surface area contributed by atoms with E-state index in [2.05, 4.69) is 349 Å². The van der Waals surface area contributed by atoms with E-state index in [0.29, 0.717) is 58.2 Å². The van der Waals surface area contributed by atoms with Crippen LogP contribution in [0.4, 0.5) is 0 Å². The Bertz CT molecular complexity index is 5680. The van der Waals surface area contributed by atoms with E-state index in [9.17, 15) is 9.59 Å². The van der Waals surface area contributed by atoms with Crippen LogP contribution in [0, 0.1) is 0 Å². The molecule has 656 valence electrons. The van der Waals surface area contributed by atoms with Crippen molar-refractivity contribution in [2.24, 2.45) is 0 Å². The summed E-state index contributed by atoms with van der Waals surface area (Å²) in [6, 6.07) is 80.4. The van der Waals surface area contributed by atoms with Gasteiger partial charge in [0.25, 0.3) is 23.6 Å². The largest absolute Gasteiger partial charge is 0.303 e. The number of carbonyl (C=O) groups excluding carboxylic acids is 4. The standard InChI is InChI=1S/C64H68N2O2.C56H64N2O2/c1-61(2,3)51-35-47(36-52(39-51)62(4,5)6)25-23-43-27-31-49(32-28-43)57-55-56(60(68)65(57)41-45-19-15-13-16-20-45)58(66(59(55)67)42-46-21-17-14-18-22-46)50-33-29-44(30-34-50)24-26-48-37-53(63(7,8)9)40-54(38-48)64(10,11)12;1-15-29-57-49(41-25-21-37(22-26-41)17-19-39-31-43(53(3,4)5)35-44(32-39)54(6,7)8)47-48(51(57)59)50(58(30-16-2)52(47)60)42-27-23-38(24-28-42)18-20-40-33-45(55(9,10)11)36-46(34-40)56(12,13)14/h13-40H,41-42H2,1-12H3;15-28,31-36H,1-2,29-30H2,3-14H3/b25-23+,26-24+;19-17+,20-18+. The molecule has 0 saturated heterocycles. The molecule has 0 spiro atoms. The lowest BCUT2D eigenvalue weighted by Crippen LogP contribution is -2.30. The summed E-state index contributed by atoms with van der Waals surface area (Å²) in [5.41, 5.74) is 28.9. The molecule has 4 aliphatic heterocycles. The molecular weight excluding hydrogens is 1560 g/mol. The van der Waals surface area contributed by atoms with E-state index in [-0.39, 0.29) is 80.0 Å². The third-order valence-corrected chi connectivity index (χ3v) is 24.7. The molecule has 4 aliphatic rings. The van der Waals surface area contributed by atoms with Gasteiger partial charge in [-0.2, -0.15) is 0 Å². The molecule has 0 radical (unpaired) electrons. The molecule has 0 bridgehead atoms. The number of amides is 4. The second-order valence-corrected chi connectivity index (χ2v) is 43.3. The third kappa shape index (κ3) is 21.0. The first-order valence-corrected chi connectivity index (χ1v) is 45.4. The fourth-order valence-electron chi connectivity index (χ4n) is 16.7. The van der Waals surface area contributed by atoms with E-state index in [1.807, 2.05) is 119 Å². The zero-order valence-corrected chi connectivity index (χ0v) is 80.4. The molecule has 8 heteroatoms. The number of fused-ring (bicyclic) bond motifs is 2. The number of hydrogen-bond donors (Lipinski definition) is 0. The van der Waals surface area contributed by atoms with Crippen LogP contribution in [-0.2, 0) is 75.6 Å². The number of nitrogens with zero attached hydrogens (tertiary/aromatic N) is 4. The predicted octanol–water partition coefficient (Wildman–Crippen LogP) is 28.8. The minimum Gasteiger partial charge on any atom is -0.303 e. The number of benzene rings is 10. The second-order valence-electron chi connectivity index (χ2n) is 43.3. The first-order valence-electron chi connectivity index (χ1n) is 45.4. The fourth-order valence-corrected chi connectivity index (χ4v) is 16.7. The minimum atomic E-state index is -0.204. The Hall–Kier alpha value is -12.5. The third-order valence-electron chi connectivity index (χ3n) is 24.7. The zero-order valence-electron chi connectivity index (χ0n) is 80.4.